The van der Waals surface area contributed by atoms with Gasteiger partial charge < -0.3 is 16.0 Å². The van der Waals surface area contributed by atoms with Crippen LogP contribution in [0, 0.1) is 0 Å². The number of carbonyl (C=O) groups excluding carboxylic acids is 2. The first kappa shape index (κ1) is 22.3. The third-order valence-corrected chi connectivity index (χ3v) is 6.20. The summed E-state index contributed by atoms with van der Waals surface area (Å²) in [4.78, 5) is 24.0. The maximum atomic E-state index is 12.7. The van der Waals surface area contributed by atoms with Crippen molar-refractivity contribution in [3.8, 4) is 11.3 Å². The number of rotatable bonds is 5. The molecule has 0 aliphatic carbocycles. The monoisotopic (exact) mass is 498 g/mol. The van der Waals surface area contributed by atoms with Crippen LogP contribution in [0.15, 0.2) is 42.6 Å². The molecule has 2 aromatic carbocycles. The van der Waals surface area contributed by atoms with E-state index in [2.05, 4.69) is 36.5 Å². The highest BCUT2D eigenvalue weighted by molar-refractivity contribution is 6.36. The number of hydrogen-bond donors (Lipinski definition) is 4. The number of carbonyl (C=O) groups is 2. The normalized spacial score (nSPS) is 17.7. The molecule has 2 atom stereocenters. The van der Waals surface area contributed by atoms with Crippen molar-refractivity contribution in [3.63, 3.8) is 0 Å². The van der Waals surface area contributed by atoms with Gasteiger partial charge in [0.05, 0.1) is 34.5 Å². The fraction of sp³-hybridized carbons (Fsp3) is 0.227. The molecule has 1 saturated heterocycles. The van der Waals surface area contributed by atoms with Crippen molar-refractivity contribution < 1.29 is 9.59 Å². The van der Waals surface area contributed by atoms with Gasteiger partial charge in [-0.05, 0) is 36.8 Å². The summed E-state index contributed by atoms with van der Waals surface area (Å²) in [5.74, 6) is 0.125. The van der Waals surface area contributed by atoms with Crippen LogP contribution in [-0.2, 0) is 9.59 Å². The summed E-state index contributed by atoms with van der Waals surface area (Å²) in [6.07, 6.45) is 2.41. The van der Waals surface area contributed by atoms with E-state index in [9.17, 15) is 9.59 Å². The van der Waals surface area contributed by atoms with Gasteiger partial charge in [0.25, 0.3) is 0 Å². The number of hydrogen-bond acceptors (Lipinski definition) is 6. The quantitative estimate of drug-likeness (QED) is 0.332. The molecule has 3 heterocycles. The third-order valence-electron chi connectivity index (χ3n) is 5.65. The molecule has 1 aliphatic rings. The highest BCUT2D eigenvalue weighted by Gasteiger charge is 2.31. The molecule has 4 aromatic rings. The molecule has 0 unspecified atom stereocenters. The van der Waals surface area contributed by atoms with Crippen LogP contribution in [0.25, 0.3) is 22.2 Å². The molecule has 34 heavy (non-hydrogen) atoms. The summed E-state index contributed by atoms with van der Waals surface area (Å²) in [5, 5.41) is 26.1. The Balaban J connectivity index is 1.27. The maximum absolute atomic E-state index is 12.7. The van der Waals surface area contributed by atoms with Gasteiger partial charge in [-0.25, -0.2) is 4.68 Å². The predicted octanol–water partition coefficient (Wildman–Crippen LogP) is 3.63. The van der Waals surface area contributed by atoms with E-state index in [1.54, 1.807) is 22.9 Å². The van der Waals surface area contributed by atoms with E-state index in [0.717, 1.165) is 16.5 Å². The first-order valence-corrected chi connectivity index (χ1v) is 11.3. The third kappa shape index (κ3) is 4.47. The summed E-state index contributed by atoms with van der Waals surface area (Å²) >= 11 is 12.1. The van der Waals surface area contributed by atoms with Crippen molar-refractivity contribution in [1.82, 2.24) is 30.5 Å². The van der Waals surface area contributed by atoms with Gasteiger partial charge in [-0.2, -0.15) is 5.10 Å². The summed E-state index contributed by atoms with van der Waals surface area (Å²) in [6, 6.07) is 10.2. The zero-order valence-electron chi connectivity index (χ0n) is 18.0. The van der Waals surface area contributed by atoms with Crippen LogP contribution in [0.4, 0.5) is 11.5 Å². The van der Waals surface area contributed by atoms with Crippen LogP contribution in [-0.4, -0.2) is 49.6 Å². The van der Waals surface area contributed by atoms with Gasteiger partial charge in [0, 0.05) is 29.4 Å². The number of H-pyrrole nitrogens is 1. The van der Waals surface area contributed by atoms with E-state index in [1.165, 1.54) is 6.92 Å². The van der Waals surface area contributed by atoms with Crippen LogP contribution in [0.3, 0.4) is 0 Å². The minimum absolute atomic E-state index is 0.0278. The number of halogens is 2. The SMILES string of the molecule is CC(=O)Nc1n[nH]c2cc(-c3cn([C@@H]4CN[C@H](C(=O)Nc5ccc(Cl)cc5Cl)C4)nn3)ccc12. The molecule has 1 fully saturated rings. The van der Waals surface area contributed by atoms with Crippen molar-refractivity contribution >= 4 is 57.4 Å². The molecule has 5 rings (SSSR count). The lowest BCUT2D eigenvalue weighted by Gasteiger charge is -2.12. The Bertz CT molecular complexity index is 1400. The number of nitrogens with one attached hydrogen (secondary N) is 4. The van der Waals surface area contributed by atoms with Crippen LogP contribution >= 0.6 is 23.2 Å². The highest BCUT2D eigenvalue weighted by Crippen LogP contribution is 2.29. The molecule has 2 aromatic heterocycles. The average molecular weight is 499 g/mol. The van der Waals surface area contributed by atoms with Crippen molar-refractivity contribution in [1.29, 1.82) is 0 Å². The van der Waals surface area contributed by atoms with Crippen LogP contribution in [0.5, 0.6) is 0 Å². The fourth-order valence-corrected chi connectivity index (χ4v) is 4.41. The molecular formula is C22H20Cl2N8O2. The van der Waals surface area contributed by atoms with Gasteiger partial charge in [0.1, 0.15) is 5.69 Å². The standard InChI is InChI=1S/C22H20Cl2N8O2/c1-11(33)26-21-15-4-2-12(6-18(15)28-30-21)20-10-32(31-29-20)14-8-19(25-9-14)22(34)27-17-5-3-13(23)7-16(17)24/h2-7,10,14,19,25H,8-9H2,1H3,(H,27,34)(H2,26,28,30,33)/t14-,19-/m0/s1. The second-order valence-electron chi connectivity index (χ2n) is 8.06. The molecule has 2 amide bonds. The number of benzene rings is 2. The Labute approximate surface area is 204 Å². The molecule has 1 aliphatic heterocycles. The van der Waals surface area contributed by atoms with E-state index in [0.29, 0.717) is 40.2 Å². The Hall–Kier alpha value is -3.47. The lowest BCUT2D eigenvalue weighted by Crippen LogP contribution is -2.35. The van der Waals surface area contributed by atoms with Gasteiger partial charge in [0.2, 0.25) is 11.8 Å². The van der Waals surface area contributed by atoms with Gasteiger partial charge in [-0.3, -0.25) is 14.7 Å². The Morgan fingerprint density at radius 3 is 2.79 bits per heavy atom. The lowest BCUT2D eigenvalue weighted by atomic mass is 10.1. The summed E-state index contributed by atoms with van der Waals surface area (Å²) in [5.41, 5.74) is 2.84. The molecule has 174 valence electrons. The minimum atomic E-state index is -0.391. The second kappa shape index (κ2) is 9.05. The summed E-state index contributed by atoms with van der Waals surface area (Å²) < 4.78 is 1.77. The maximum Gasteiger partial charge on any atom is 0.241 e. The highest BCUT2D eigenvalue weighted by atomic mass is 35.5. The number of nitrogens with zero attached hydrogens (tertiary/aromatic N) is 4. The van der Waals surface area contributed by atoms with E-state index in [4.69, 9.17) is 23.2 Å². The molecule has 0 bridgehead atoms. The van der Waals surface area contributed by atoms with E-state index >= 15 is 0 Å². The zero-order chi connectivity index (χ0) is 23.8. The summed E-state index contributed by atoms with van der Waals surface area (Å²) in [7, 11) is 0. The Kier molecular flexibility index (Phi) is 5.94. The number of aromatic amines is 1. The minimum Gasteiger partial charge on any atom is -0.323 e. The smallest absolute Gasteiger partial charge is 0.241 e. The van der Waals surface area contributed by atoms with Gasteiger partial charge in [-0.15, -0.1) is 5.10 Å². The zero-order valence-corrected chi connectivity index (χ0v) is 19.5. The lowest BCUT2D eigenvalue weighted by molar-refractivity contribution is -0.118. The molecule has 0 radical (unpaired) electrons. The molecule has 0 saturated carbocycles. The number of anilines is 2. The van der Waals surface area contributed by atoms with Crippen LogP contribution in [0.2, 0.25) is 10.0 Å². The van der Waals surface area contributed by atoms with Gasteiger partial charge >= 0.3 is 0 Å². The second-order valence-corrected chi connectivity index (χ2v) is 8.90. The number of aromatic nitrogens is 5. The van der Waals surface area contributed by atoms with Gasteiger partial charge in [0.15, 0.2) is 5.82 Å². The topological polar surface area (TPSA) is 130 Å². The molecular weight excluding hydrogens is 479 g/mol. The first-order valence-electron chi connectivity index (χ1n) is 10.5. The number of amides is 2. The van der Waals surface area contributed by atoms with Crippen LogP contribution < -0.4 is 16.0 Å². The van der Waals surface area contributed by atoms with Crippen molar-refractivity contribution in [2.45, 2.75) is 25.4 Å². The molecule has 10 nitrogen and oxygen atoms in total. The van der Waals surface area contributed by atoms with E-state index in [1.807, 2.05) is 24.4 Å². The van der Waals surface area contributed by atoms with Crippen LogP contribution in [0.1, 0.15) is 19.4 Å². The molecule has 12 heteroatoms. The predicted molar refractivity (Wildman–Crippen MR) is 130 cm³/mol. The molecule has 0 spiro atoms. The Morgan fingerprint density at radius 1 is 1.15 bits per heavy atom. The fourth-order valence-electron chi connectivity index (χ4n) is 3.96. The van der Waals surface area contributed by atoms with Crippen molar-refractivity contribution in [2.24, 2.45) is 0 Å². The van der Waals surface area contributed by atoms with Crippen molar-refractivity contribution in [3.05, 3.63) is 52.6 Å². The van der Waals surface area contributed by atoms with Crippen molar-refractivity contribution in [2.75, 3.05) is 17.2 Å². The summed E-state index contributed by atoms with van der Waals surface area (Å²) in [6.45, 7) is 2.01. The molecule has 4 N–H and O–H groups in total. The largest absolute Gasteiger partial charge is 0.323 e. The van der Waals surface area contributed by atoms with E-state index in [-0.39, 0.29) is 17.9 Å². The number of fused-ring (bicyclic) bond motifs is 1. The average Bonchev–Trinajstić information content (AvgIpc) is 3.54. The van der Waals surface area contributed by atoms with E-state index < -0.39 is 6.04 Å². The van der Waals surface area contributed by atoms with Gasteiger partial charge in [-0.1, -0.05) is 34.5 Å². The Morgan fingerprint density at radius 2 is 2.00 bits per heavy atom. The first-order chi connectivity index (χ1) is 16.4.